The number of rotatable bonds is 3. The summed E-state index contributed by atoms with van der Waals surface area (Å²) in [6.07, 6.45) is 2.00. The second kappa shape index (κ2) is 3.84. The zero-order valence-corrected chi connectivity index (χ0v) is 8.05. The van der Waals surface area contributed by atoms with Gasteiger partial charge >= 0.3 is 5.69 Å². The highest BCUT2D eigenvalue weighted by atomic mass is 16.3. The summed E-state index contributed by atoms with van der Waals surface area (Å²) >= 11 is 0. The van der Waals surface area contributed by atoms with Gasteiger partial charge in [0.15, 0.2) is 0 Å². The summed E-state index contributed by atoms with van der Waals surface area (Å²) in [5, 5.41) is 8.74. The summed E-state index contributed by atoms with van der Waals surface area (Å²) in [7, 11) is 0. The van der Waals surface area contributed by atoms with Crippen molar-refractivity contribution in [2.75, 3.05) is 6.61 Å². The number of fused-ring (bicyclic) bond motifs is 1. The Labute approximate surface area is 85.4 Å². The molecule has 0 aliphatic rings. The first-order valence-corrected chi connectivity index (χ1v) is 4.66. The topological polar surface area (TPSA) is 96.4 Å². The number of nitrogens with one attached hydrogen (secondary N) is 1. The molecule has 80 valence electrons. The number of hydrogen-bond donors (Lipinski definition) is 3. The average Bonchev–Trinajstić information content (AvgIpc) is 2.66. The van der Waals surface area contributed by atoms with Gasteiger partial charge in [-0.2, -0.15) is 0 Å². The number of nitrogens with zero attached hydrogens (tertiary/aromatic N) is 2. The van der Waals surface area contributed by atoms with Gasteiger partial charge in [0.05, 0.1) is 6.04 Å². The minimum absolute atomic E-state index is 0.0307. The van der Waals surface area contributed by atoms with Crippen LogP contribution in [0.2, 0.25) is 0 Å². The number of aliphatic hydroxyl groups is 1. The van der Waals surface area contributed by atoms with Crippen molar-refractivity contribution < 1.29 is 5.11 Å². The molecule has 2 aromatic rings. The molecule has 2 heterocycles. The smallest absolute Gasteiger partial charge is 0.332 e. The highest BCUT2D eigenvalue weighted by Gasteiger charge is 2.09. The van der Waals surface area contributed by atoms with Gasteiger partial charge in [-0.05, 0) is 18.6 Å². The molecule has 0 amide bonds. The van der Waals surface area contributed by atoms with E-state index >= 15 is 0 Å². The van der Waals surface area contributed by atoms with Crippen molar-refractivity contribution in [2.24, 2.45) is 5.73 Å². The maximum atomic E-state index is 11.5. The van der Waals surface area contributed by atoms with E-state index < -0.39 is 6.04 Å². The molecule has 6 nitrogen and oxygen atoms in total. The van der Waals surface area contributed by atoms with E-state index in [0.29, 0.717) is 17.9 Å². The summed E-state index contributed by atoms with van der Waals surface area (Å²) in [6, 6.07) is 3.02. The van der Waals surface area contributed by atoms with Gasteiger partial charge in [-0.15, -0.1) is 0 Å². The van der Waals surface area contributed by atoms with Gasteiger partial charge in [0.1, 0.15) is 11.5 Å². The van der Waals surface area contributed by atoms with Crippen LogP contribution in [-0.4, -0.2) is 26.1 Å². The normalized spacial score (nSPS) is 13.2. The van der Waals surface area contributed by atoms with Crippen LogP contribution < -0.4 is 11.4 Å². The van der Waals surface area contributed by atoms with E-state index in [1.165, 1.54) is 4.40 Å². The van der Waals surface area contributed by atoms with Crippen LogP contribution >= 0.6 is 0 Å². The van der Waals surface area contributed by atoms with Crippen molar-refractivity contribution in [3.63, 3.8) is 0 Å². The van der Waals surface area contributed by atoms with Crippen molar-refractivity contribution >= 4 is 5.65 Å². The summed E-state index contributed by atoms with van der Waals surface area (Å²) in [5.41, 5.74) is 6.02. The lowest BCUT2D eigenvalue weighted by molar-refractivity contribution is 0.274. The van der Waals surface area contributed by atoms with Crippen molar-refractivity contribution in [1.82, 2.24) is 14.4 Å². The summed E-state index contributed by atoms with van der Waals surface area (Å²) in [4.78, 5) is 18.3. The van der Waals surface area contributed by atoms with E-state index in [4.69, 9.17) is 10.8 Å². The van der Waals surface area contributed by atoms with Gasteiger partial charge in [-0.3, -0.25) is 9.38 Å². The number of nitrogens with two attached hydrogens (primary N) is 1. The Morgan fingerprint density at radius 3 is 3.20 bits per heavy atom. The molecule has 2 rings (SSSR count). The second-order valence-electron chi connectivity index (χ2n) is 3.28. The van der Waals surface area contributed by atoms with Crippen molar-refractivity contribution in [2.45, 2.75) is 12.5 Å². The average molecular weight is 208 g/mol. The molecule has 0 aromatic carbocycles. The first-order valence-electron chi connectivity index (χ1n) is 4.66. The molecule has 0 spiro atoms. The van der Waals surface area contributed by atoms with Gasteiger partial charge in [0.25, 0.3) is 0 Å². The van der Waals surface area contributed by atoms with Crippen LogP contribution in [-0.2, 0) is 0 Å². The molecule has 0 aliphatic heterocycles. The van der Waals surface area contributed by atoms with E-state index in [-0.39, 0.29) is 12.3 Å². The van der Waals surface area contributed by atoms with Gasteiger partial charge in [0.2, 0.25) is 0 Å². The third-order valence-corrected chi connectivity index (χ3v) is 2.21. The Bertz CT molecular complexity index is 516. The van der Waals surface area contributed by atoms with Gasteiger partial charge in [-0.25, -0.2) is 9.78 Å². The van der Waals surface area contributed by atoms with Crippen LogP contribution in [0, 0.1) is 0 Å². The molecule has 6 heteroatoms. The maximum Gasteiger partial charge on any atom is 0.332 e. The standard InChI is InChI=1S/C9H12N4O2/c10-6(3-5-14)8-11-7-2-1-4-13(7)9(15)12-8/h1-2,4,6,14H,3,5,10H2,(H,11,12,15). The van der Waals surface area contributed by atoms with E-state index in [2.05, 4.69) is 9.97 Å². The Morgan fingerprint density at radius 1 is 1.67 bits per heavy atom. The molecule has 1 atom stereocenters. The number of hydrogen-bond acceptors (Lipinski definition) is 4. The molecule has 0 saturated carbocycles. The van der Waals surface area contributed by atoms with E-state index in [9.17, 15) is 4.79 Å². The van der Waals surface area contributed by atoms with E-state index in [0.717, 1.165) is 0 Å². The molecular formula is C9H12N4O2. The fourth-order valence-corrected chi connectivity index (χ4v) is 1.41. The fraction of sp³-hybridized carbons (Fsp3) is 0.333. The number of aromatic amines is 1. The van der Waals surface area contributed by atoms with Crippen molar-refractivity contribution in [3.8, 4) is 0 Å². The predicted molar refractivity (Wildman–Crippen MR) is 54.4 cm³/mol. The third kappa shape index (κ3) is 1.77. The molecule has 15 heavy (non-hydrogen) atoms. The number of aliphatic hydroxyl groups excluding tert-OH is 1. The quantitative estimate of drug-likeness (QED) is 0.627. The molecule has 0 saturated heterocycles. The van der Waals surface area contributed by atoms with Crippen LogP contribution in [0.4, 0.5) is 0 Å². The zero-order chi connectivity index (χ0) is 10.8. The summed E-state index contributed by atoms with van der Waals surface area (Å²) in [5.74, 6) is 0.403. The molecule has 2 aromatic heterocycles. The van der Waals surface area contributed by atoms with Gasteiger partial charge in [-0.1, -0.05) is 0 Å². The van der Waals surface area contributed by atoms with Crippen LogP contribution in [0.1, 0.15) is 18.3 Å². The molecule has 0 radical (unpaired) electrons. The van der Waals surface area contributed by atoms with Gasteiger partial charge in [0, 0.05) is 12.8 Å². The lowest BCUT2D eigenvalue weighted by atomic mass is 10.2. The van der Waals surface area contributed by atoms with E-state index in [1.807, 2.05) is 0 Å². The van der Waals surface area contributed by atoms with Crippen molar-refractivity contribution in [3.05, 3.63) is 34.6 Å². The van der Waals surface area contributed by atoms with Crippen LogP contribution in [0.15, 0.2) is 23.1 Å². The monoisotopic (exact) mass is 208 g/mol. The summed E-state index contributed by atoms with van der Waals surface area (Å²) in [6.45, 7) is -0.0307. The molecule has 4 N–H and O–H groups in total. The highest BCUT2D eigenvalue weighted by Crippen LogP contribution is 2.07. The Hall–Kier alpha value is -1.66. The second-order valence-corrected chi connectivity index (χ2v) is 3.28. The van der Waals surface area contributed by atoms with Crippen LogP contribution in [0.5, 0.6) is 0 Å². The van der Waals surface area contributed by atoms with Crippen molar-refractivity contribution in [1.29, 1.82) is 0 Å². The minimum Gasteiger partial charge on any atom is -0.396 e. The Balaban J connectivity index is 2.49. The lowest BCUT2D eigenvalue weighted by Gasteiger charge is -2.08. The molecule has 0 bridgehead atoms. The molecule has 1 unspecified atom stereocenters. The highest BCUT2D eigenvalue weighted by molar-refractivity contribution is 5.37. The van der Waals surface area contributed by atoms with Crippen LogP contribution in [0.25, 0.3) is 5.65 Å². The lowest BCUT2D eigenvalue weighted by Crippen LogP contribution is -2.24. The summed E-state index contributed by atoms with van der Waals surface area (Å²) < 4.78 is 1.40. The first kappa shape index (κ1) is 9.88. The third-order valence-electron chi connectivity index (χ3n) is 2.21. The Kier molecular flexibility index (Phi) is 2.53. The fourth-order valence-electron chi connectivity index (χ4n) is 1.41. The molecule has 0 fully saturated rings. The van der Waals surface area contributed by atoms with Crippen LogP contribution in [0.3, 0.4) is 0 Å². The molecular weight excluding hydrogens is 196 g/mol. The minimum atomic E-state index is -0.442. The van der Waals surface area contributed by atoms with E-state index in [1.54, 1.807) is 18.3 Å². The number of aromatic nitrogens is 3. The predicted octanol–water partition coefficient (Wildman–Crippen LogP) is -0.595. The SMILES string of the molecule is NC(CCO)c1nc2cccn2c(=O)[nH]1. The zero-order valence-electron chi connectivity index (χ0n) is 8.05. The number of H-pyrrole nitrogens is 1. The van der Waals surface area contributed by atoms with Gasteiger partial charge < -0.3 is 10.8 Å². The largest absolute Gasteiger partial charge is 0.396 e. The molecule has 0 aliphatic carbocycles. The maximum absolute atomic E-state index is 11.5. The Morgan fingerprint density at radius 2 is 2.47 bits per heavy atom. The first-order chi connectivity index (χ1) is 7.22.